The van der Waals surface area contributed by atoms with Gasteiger partial charge < -0.3 is 125 Å². The molecule has 0 spiro atoms. The number of imidazole rings is 1. The number of aliphatic carboxylic acids is 2. The number of nitrogens with two attached hydrogens (primary N) is 3. The van der Waals surface area contributed by atoms with Crippen LogP contribution in [0.15, 0.2) is 97.7 Å². The second-order valence-corrected chi connectivity index (χ2v) is 36.1. The normalized spacial score (nSPS) is 24.6. The fourth-order valence-electron chi connectivity index (χ4n) is 17.2. The predicted molar refractivity (Wildman–Crippen MR) is 502 cm³/mol. The van der Waals surface area contributed by atoms with Gasteiger partial charge in [-0.15, -0.1) is 11.8 Å². The maximum Gasteiger partial charge on any atom is 0.305 e. The van der Waals surface area contributed by atoms with Crippen LogP contribution in [0.3, 0.4) is 0 Å². The number of carbonyl (C=O) groups excluding carboxylic acids is 16. The van der Waals surface area contributed by atoms with Gasteiger partial charge in [0.05, 0.1) is 49.3 Å². The van der Waals surface area contributed by atoms with Gasteiger partial charge in [0.2, 0.25) is 88.6 Å². The van der Waals surface area contributed by atoms with E-state index >= 15 is 38.4 Å². The van der Waals surface area contributed by atoms with E-state index in [0.717, 1.165) is 24.5 Å². The van der Waals surface area contributed by atoms with Gasteiger partial charge >= 0.3 is 11.9 Å². The van der Waals surface area contributed by atoms with E-state index in [9.17, 15) is 68.4 Å². The predicted octanol–water partition coefficient (Wildman–Crippen LogP) is -0.808. The van der Waals surface area contributed by atoms with E-state index in [-0.39, 0.29) is 121 Å². The molecule has 0 bridgehead atoms. The first-order valence-electron chi connectivity index (χ1n) is 46.3. The third-order valence-electron chi connectivity index (χ3n) is 25.0. The molecule has 15 atom stereocenters. The highest BCUT2D eigenvalue weighted by atomic mass is 32.2. The molecule has 137 heavy (non-hydrogen) atoms. The largest absolute Gasteiger partial charge is 0.508 e. The molecule has 43 nitrogen and oxygen atoms in total. The molecular formula is C93H129N21O22S. The topological polar surface area (TPSA) is 651 Å². The number of phenolic OH excluding ortho intramolecular Hbond substituents is 1. The molecule has 0 aliphatic carbocycles. The van der Waals surface area contributed by atoms with Crippen molar-refractivity contribution in [3.63, 3.8) is 0 Å². The van der Waals surface area contributed by atoms with Crippen molar-refractivity contribution in [3.8, 4) is 5.75 Å². The number of H-pyrrole nitrogens is 3. The lowest BCUT2D eigenvalue weighted by Crippen LogP contribution is -2.60. The van der Waals surface area contributed by atoms with E-state index in [0.29, 0.717) is 82.4 Å². The van der Waals surface area contributed by atoms with Gasteiger partial charge in [-0.3, -0.25) is 86.3 Å². The Kier molecular flexibility index (Phi) is 40.8. The number of unbranched alkanes of at least 4 members (excludes halogenated alkanes) is 4. The Morgan fingerprint density at radius 3 is 1.68 bits per heavy atom. The van der Waals surface area contributed by atoms with Crippen molar-refractivity contribution in [1.29, 1.82) is 0 Å². The van der Waals surface area contributed by atoms with Crippen LogP contribution in [0.25, 0.3) is 21.8 Å². The Bertz CT molecular complexity index is 5250. The van der Waals surface area contributed by atoms with Crippen molar-refractivity contribution in [1.82, 2.24) is 92.3 Å². The minimum absolute atomic E-state index is 0.0279. The van der Waals surface area contributed by atoms with E-state index < -0.39 is 241 Å². The zero-order valence-electron chi connectivity index (χ0n) is 77.9. The van der Waals surface area contributed by atoms with E-state index in [2.05, 4.69) is 67.8 Å². The van der Waals surface area contributed by atoms with Crippen LogP contribution in [0, 0.1) is 5.92 Å². The number of amides is 15. The number of hydrogen-bond acceptors (Lipinski definition) is 24. The van der Waals surface area contributed by atoms with Crippen LogP contribution in [-0.2, 0) is 112 Å². The van der Waals surface area contributed by atoms with Gasteiger partial charge in [0.25, 0.3) is 0 Å². The maximum atomic E-state index is 15.9. The van der Waals surface area contributed by atoms with Gasteiger partial charge in [-0.25, -0.2) is 4.98 Å². The first-order valence-corrected chi connectivity index (χ1v) is 47.5. The van der Waals surface area contributed by atoms with Crippen molar-refractivity contribution in [2.45, 2.75) is 247 Å². The monoisotopic (exact) mass is 1920 g/mol. The summed E-state index contributed by atoms with van der Waals surface area (Å²) in [5.41, 5.74) is 20.5. The van der Waals surface area contributed by atoms with Crippen molar-refractivity contribution in [2.24, 2.45) is 23.1 Å². The highest BCUT2D eigenvalue weighted by Gasteiger charge is 2.47. The van der Waals surface area contributed by atoms with E-state index in [1.165, 1.54) is 64.9 Å². The SMILES string of the molecule is CCCC[C@H]1C(=O)N(C)[C@@H](CCCC)C(=O)N[C@@H](CC(=O)O)C(=O)N[C@H](C(=O)NCC(N)=O)CSCC(=O)N[C@@H](Cc2ccc(O)cc2)C(=O)N(C)[C@@H](C)C(=O)N[C@@H](CC(=O)O)C(=O)N2CCC[C@H]2C(=O)N[C@@H](Cc2c[nH]cn2)C(=O)N[C@@H](CCCCN)C(=O)N2C[C@H](O)C[C@H]2C(=O)C[C@@H](Cc2c[nH]c3ccccc23)C(=O)N[C@@H](CCCCN)C(=O)N[C@@H](Cc2c[nH]c3ccccc23)C(=O)N1C. The number of para-hydroxylation sites is 2. The number of primary amides is 1. The fraction of sp³-hybridized carbons (Fsp3) is 0.538. The number of ketones is 1. The van der Waals surface area contributed by atoms with Crippen molar-refractivity contribution in [3.05, 3.63) is 120 Å². The highest BCUT2D eigenvalue weighted by molar-refractivity contribution is 8.00. The molecule has 6 aromatic rings. The van der Waals surface area contributed by atoms with Gasteiger partial charge in [0.15, 0.2) is 5.78 Å². The van der Waals surface area contributed by atoms with Crippen LogP contribution >= 0.6 is 11.8 Å². The molecule has 0 radical (unpaired) electrons. The molecule has 0 unspecified atom stereocenters. The summed E-state index contributed by atoms with van der Waals surface area (Å²) in [6.45, 7) is 3.77. The minimum atomic E-state index is -2.02. The highest BCUT2D eigenvalue weighted by Crippen LogP contribution is 2.30. The fourth-order valence-corrected chi connectivity index (χ4v) is 18.1. The Morgan fingerprint density at radius 2 is 1.07 bits per heavy atom. The number of phenols is 1. The molecule has 6 heterocycles. The Morgan fingerprint density at radius 1 is 0.526 bits per heavy atom. The Labute approximate surface area is 796 Å². The second kappa shape index (κ2) is 52.1. The summed E-state index contributed by atoms with van der Waals surface area (Å²) in [7, 11) is 3.81. The van der Waals surface area contributed by atoms with Crippen molar-refractivity contribution < 1.29 is 107 Å². The standard InChI is InChI=1S/C93H129N21O22S/c1-7-9-26-72-87(130)106-67(42-79(120)121)86(129)109-71(83(126)100-47-77(96)118)49-137-50-78(119)102-68(36-53-29-31-58(115)32-30-53)89(132)110(4)52(3)81(124)107-70(43-80(122)123)92(135)113-35-19-28-73(113)88(131)105-66(40-57-46-97-51-101-57)85(128)104-65(25-16-18-34-95)91(134)114-48-59(116)41-75(114)76(117)39-54(37-55-44-98-62-22-13-11-20-60(55)62)82(125)103-64(24-15-17-33-94)84(127)108-69(38-56-45-99-63-23-14-12-21-61(56)63)90(133)112(6)74(27-10-8-2)93(136)111(72)5/h11-14,20-23,29-32,44-46,51-52,54,59,64-75,98-99,115-116H,7-10,15-19,24-28,33-43,47-50,94-95H2,1-6H3,(H2,96,118)(H,97,101)(H,100,126)(H,102,119)(H,103,125)(H,104,128)(H,105,131)(H,106,130)(H,107,124)(H,108,127)(H,109,129)(H,120,121)(H,122,123)/t52-,54+,59+,64-,65-,66-,67-,68-,69-,70-,71-,72-,73-,74-,75-/m0/s1. The molecule has 3 aliphatic heterocycles. The Balaban J connectivity index is 1.11. The summed E-state index contributed by atoms with van der Waals surface area (Å²) in [6.07, 6.45) is 2.95. The minimum Gasteiger partial charge on any atom is -0.508 e. The molecule has 9 rings (SSSR count). The van der Waals surface area contributed by atoms with Gasteiger partial charge in [-0.1, -0.05) is 88.1 Å². The van der Waals surface area contributed by atoms with E-state index in [1.807, 2.05) is 6.92 Å². The van der Waals surface area contributed by atoms with Crippen LogP contribution in [0.4, 0.5) is 0 Å². The zero-order valence-corrected chi connectivity index (χ0v) is 78.7. The average Bonchev–Trinajstić information content (AvgIpc) is 1.75. The Hall–Kier alpha value is -13.4. The number of nitrogens with one attached hydrogen (secondary N) is 12. The summed E-state index contributed by atoms with van der Waals surface area (Å²) in [6, 6.07) is -0.966. The quantitative estimate of drug-likeness (QED) is 0.0255. The van der Waals surface area contributed by atoms with Crippen LogP contribution in [0.5, 0.6) is 5.75 Å². The number of aromatic hydroxyl groups is 1. The van der Waals surface area contributed by atoms with Gasteiger partial charge in [0, 0.05) is 118 Å². The number of aliphatic hydroxyl groups excluding tert-OH is 1. The summed E-state index contributed by atoms with van der Waals surface area (Å²) in [5.74, 6) is -21.1. The summed E-state index contributed by atoms with van der Waals surface area (Å²) in [5, 5.41) is 67.2. The number of nitrogens with zero attached hydrogens (tertiary/aromatic N) is 6. The van der Waals surface area contributed by atoms with Gasteiger partial charge in [-0.2, -0.15) is 0 Å². The number of thioether (sulfide) groups is 1. The van der Waals surface area contributed by atoms with Crippen molar-refractivity contribution in [2.75, 3.05) is 65.4 Å². The smallest absolute Gasteiger partial charge is 0.305 e. The van der Waals surface area contributed by atoms with E-state index in [1.54, 1.807) is 67.8 Å². The number of carbonyl (C=O) groups is 18. The molecule has 15 amide bonds. The molecule has 3 saturated heterocycles. The average molecular weight is 1930 g/mol. The summed E-state index contributed by atoms with van der Waals surface area (Å²) in [4.78, 5) is 282. The summed E-state index contributed by atoms with van der Waals surface area (Å²) >= 11 is 0.679. The first kappa shape index (κ1) is 107. The number of rotatable bonds is 29. The number of aromatic nitrogens is 4. The van der Waals surface area contributed by atoms with Crippen LogP contribution in [0.1, 0.15) is 159 Å². The number of likely N-dealkylation sites (N-methyl/N-ethyl adjacent to an activating group) is 3. The number of hydrogen-bond donors (Lipinski definition) is 19. The number of aliphatic hydroxyl groups is 1. The number of fused-ring (bicyclic) bond motifs is 4. The number of aromatic amines is 3. The van der Waals surface area contributed by atoms with Gasteiger partial charge in [0.1, 0.15) is 78.3 Å². The first-order chi connectivity index (χ1) is 65.4. The molecule has 3 aromatic heterocycles. The lowest BCUT2D eigenvalue weighted by atomic mass is 9.90. The molecule has 44 heteroatoms. The molecule has 22 N–H and O–H groups in total. The summed E-state index contributed by atoms with van der Waals surface area (Å²) < 4.78 is 0. The van der Waals surface area contributed by atoms with Crippen LogP contribution in [0.2, 0.25) is 0 Å². The second-order valence-electron chi connectivity index (χ2n) is 35.1. The molecular weight excluding hydrogens is 1800 g/mol. The van der Waals surface area contributed by atoms with Crippen LogP contribution in [-0.4, -0.2) is 321 Å². The lowest BCUT2D eigenvalue weighted by molar-refractivity contribution is -0.149. The number of Topliss-reactive ketones (excluding diaryl/α,β-unsaturated/α-hetero) is 1. The molecule has 744 valence electrons. The molecule has 0 saturated carbocycles. The number of carboxylic acid groups (broad SMARTS) is 2. The molecule has 3 fully saturated rings. The molecule has 3 aromatic carbocycles. The zero-order chi connectivity index (χ0) is 99.9. The third kappa shape index (κ3) is 30.3. The van der Waals surface area contributed by atoms with Gasteiger partial charge in [-0.05, 0) is 132 Å². The van der Waals surface area contributed by atoms with E-state index in [4.69, 9.17) is 17.2 Å². The van der Waals surface area contributed by atoms with Crippen LogP contribution < -0.4 is 65.1 Å². The third-order valence-corrected chi connectivity index (χ3v) is 26.0. The maximum absolute atomic E-state index is 15.9. The lowest BCUT2D eigenvalue weighted by Gasteiger charge is -2.36. The number of benzene rings is 3. The number of carboxylic acids is 2. The molecule has 3 aliphatic rings. The van der Waals surface area contributed by atoms with Crippen molar-refractivity contribution >= 4 is 140 Å².